The second-order valence-corrected chi connectivity index (χ2v) is 2.85. The summed E-state index contributed by atoms with van der Waals surface area (Å²) in [7, 11) is 0. The summed E-state index contributed by atoms with van der Waals surface area (Å²) < 4.78 is 0. The van der Waals surface area contributed by atoms with Gasteiger partial charge in [-0.05, 0) is 0 Å². The summed E-state index contributed by atoms with van der Waals surface area (Å²) in [6.45, 7) is 0. The molecular formula is C8H13FeO-. The smallest absolute Gasteiger partial charge is 0 e. The number of rotatable bonds is 2. The maximum absolute atomic E-state index is 9.95. The molecule has 0 aromatic heterocycles. The van der Waals surface area contributed by atoms with E-state index < -0.39 is 0 Å². The predicted molar refractivity (Wildman–Crippen MR) is 36.9 cm³/mol. The molecule has 60 valence electrons. The van der Waals surface area contributed by atoms with Crippen molar-refractivity contribution in [2.24, 2.45) is 5.92 Å². The fourth-order valence-electron chi connectivity index (χ4n) is 1.51. The predicted octanol–water partition coefficient (Wildman–Crippen LogP) is 2.06. The van der Waals surface area contributed by atoms with Crippen molar-refractivity contribution in [3.63, 3.8) is 0 Å². The molecule has 0 heterocycles. The van der Waals surface area contributed by atoms with Crippen LogP contribution >= 0.6 is 0 Å². The molecule has 1 nitrogen and oxygen atoms in total. The van der Waals surface area contributed by atoms with Crippen LogP contribution < -0.4 is 0 Å². The van der Waals surface area contributed by atoms with Crippen LogP contribution in [0.25, 0.3) is 0 Å². The summed E-state index contributed by atoms with van der Waals surface area (Å²) in [6.07, 6.45) is 9.21. The fraction of sp³-hybridized carbons (Fsp3) is 0.875. The Morgan fingerprint density at radius 1 is 1.20 bits per heavy atom. The molecule has 1 fully saturated rings. The molecule has 0 N–H and O–H groups in total. The first kappa shape index (κ1) is 10.2. The Morgan fingerprint density at radius 2 is 1.80 bits per heavy atom. The minimum atomic E-state index is 0. The van der Waals surface area contributed by atoms with Gasteiger partial charge in [0.15, 0.2) is 0 Å². The Hall–Kier alpha value is 0.189. The third kappa shape index (κ3) is 3.38. The van der Waals surface area contributed by atoms with Crippen molar-refractivity contribution in [3.8, 4) is 0 Å². The monoisotopic (exact) mass is 181 g/mol. The van der Waals surface area contributed by atoms with Crippen molar-refractivity contribution in [3.05, 3.63) is 0 Å². The van der Waals surface area contributed by atoms with Crippen LogP contribution in [0.2, 0.25) is 0 Å². The van der Waals surface area contributed by atoms with E-state index in [0.29, 0.717) is 12.3 Å². The van der Waals surface area contributed by atoms with Gasteiger partial charge in [0.1, 0.15) is 0 Å². The Labute approximate surface area is 73.0 Å². The van der Waals surface area contributed by atoms with E-state index >= 15 is 0 Å². The molecule has 0 saturated heterocycles. The first-order valence-electron chi connectivity index (χ1n) is 3.78. The summed E-state index contributed by atoms with van der Waals surface area (Å²) >= 11 is 0. The van der Waals surface area contributed by atoms with Gasteiger partial charge >= 0.3 is 0 Å². The molecule has 0 aromatic carbocycles. The second kappa shape index (κ2) is 5.94. The van der Waals surface area contributed by atoms with Gasteiger partial charge in [-0.1, -0.05) is 38.0 Å². The van der Waals surface area contributed by atoms with Gasteiger partial charge in [-0.3, -0.25) is 6.29 Å². The van der Waals surface area contributed by atoms with Crippen LogP contribution in [0.4, 0.5) is 0 Å². The van der Waals surface area contributed by atoms with E-state index in [0.717, 1.165) is 0 Å². The maximum atomic E-state index is 9.95. The summed E-state index contributed by atoms with van der Waals surface area (Å²) in [6, 6.07) is 0. The van der Waals surface area contributed by atoms with Gasteiger partial charge in [-0.2, -0.15) is 0 Å². The number of hydrogen-bond acceptors (Lipinski definition) is 1. The van der Waals surface area contributed by atoms with Crippen molar-refractivity contribution >= 4 is 6.29 Å². The van der Waals surface area contributed by atoms with Crippen molar-refractivity contribution in [1.29, 1.82) is 0 Å². The van der Waals surface area contributed by atoms with Crippen molar-refractivity contribution in [2.45, 2.75) is 38.5 Å². The normalized spacial score (nSPS) is 19.6. The third-order valence-electron chi connectivity index (χ3n) is 2.10. The summed E-state index contributed by atoms with van der Waals surface area (Å²) in [5, 5.41) is 0. The molecule has 1 aliphatic carbocycles. The molecule has 10 heavy (non-hydrogen) atoms. The van der Waals surface area contributed by atoms with Crippen LogP contribution in [0, 0.1) is 5.92 Å². The van der Waals surface area contributed by atoms with Crippen molar-refractivity contribution in [1.82, 2.24) is 0 Å². The van der Waals surface area contributed by atoms with Crippen LogP contribution in [-0.2, 0) is 21.9 Å². The average molecular weight is 181 g/mol. The quantitative estimate of drug-likeness (QED) is 0.470. The fourth-order valence-corrected chi connectivity index (χ4v) is 1.51. The van der Waals surface area contributed by atoms with Gasteiger partial charge in [-0.15, -0.1) is 6.42 Å². The van der Waals surface area contributed by atoms with E-state index in [2.05, 4.69) is 0 Å². The average Bonchev–Trinajstić information content (AvgIpc) is 1.91. The Morgan fingerprint density at radius 3 is 2.30 bits per heavy atom. The Balaban J connectivity index is 0.000000810. The molecule has 0 spiro atoms. The first-order chi connectivity index (χ1) is 4.43. The van der Waals surface area contributed by atoms with E-state index in [1.165, 1.54) is 32.1 Å². The minimum absolute atomic E-state index is 0. The zero-order valence-corrected chi connectivity index (χ0v) is 7.19. The zero-order valence-electron chi connectivity index (χ0n) is 6.08. The SMILES string of the molecule is O=[C-]CC1CCCCC1.[Fe]. The maximum Gasteiger partial charge on any atom is 0 e. The number of hydrogen-bond donors (Lipinski definition) is 0. The molecule has 0 amide bonds. The van der Waals surface area contributed by atoms with Crippen LogP contribution in [0.15, 0.2) is 0 Å². The molecule has 0 aromatic rings. The zero-order chi connectivity index (χ0) is 6.53. The van der Waals surface area contributed by atoms with Gasteiger partial charge < -0.3 is 4.79 Å². The largest absolute Gasteiger partial charge is 0.542 e. The van der Waals surface area contributed by atoms with Crippen LogP contribution in [0.1, 0.15) is 38.5 Å². The third-order valence-corrected chi connectivity index (χ3v) is 2.10. The standard InChI is InChI=1S/C8H13O.Fe/c9-7-6-8-4-2-1-3-5-8;/h8H,1-6H2;/q-1;. The van der Waals surface area contributed by atoms with Gasteiger partial charge in [0, 0.05) is 17.1 Å². The summed E-state index contributed by atoms with van der Waals surface area (Å²) in [5.41, 5.74) is 0. The Kier molecular flexibility index (Phi) is 6.05. The van der Waals surface area contributed by atoms with E-state index in [-0.39, 0.29) is 17.1 Å². The summed E-state index contributed by atoms with van der Waals surface area (Å²) in [4.78, 5) is 9.95. The van der Waals surface area contributed by atoms with Crippen molar-refractivity contribution < 1.29 is 21.9 Å². The van der Waals surface area contributed by atoms with E-state index in [1.54, 1.807) is 0 Å². The van der Waals surface area contributed by atoms with Crippen molar-refractivity contribution in [2.75, 3.05) is 0 Å². The van der Waals surface area contributed by atoms with Gasteiger partial charge in [0.25, 0.3) is 0 Å². The molecular weight excluding hydrogens is 168 g/mol. The topological polar surface area (TPSA) is 17.1 Å². The van der Waals surface area contributed by atoms with E-state index in [9.17, 15) is 4.79 Å². The first-order valence-corrected chi connectivity index (χ1v) is 3.78. The van der Waals surface area contributed by atoms with E-state index in [1.807, 2.05) is 6.29 Å². The molecule has 1 saturated carbocycles. The minimum Gasteiger partial charge on any atom is -0.542 e. The van der Waals surface area contributed by atoms with Gasteiger partial charge in [-0.25, -0.2) is 0 Å². The molecule has 0 atom stereocenters. The summed E-state index contributed by atoms with van der Waals surface area (Å²) in [5.74, 6) is 0.677. The van der Waals surface area contributed by atoms with Crippen LogP contribution in [0.3, 0.4) is 0 Å². The van der Waals surface area contributed by atoms with Crippen LogP contribution in [-0.4, -0.2) is 6.29 Å². The Bertz CT molecular complexity index is 87.3. The van der Waals surface area contributed by atoms with Crippen LogP contribution in [0.5, 0.6) is 0 Å². The van der Waals surface area contributed by atoms with E-state index in [4.69, 9.17) is 0 Å². The molecule has 2 heteroatoms. The molecule has 0 aliphatic heterocycles. The molecule has 1 aliphatic rings. The van der Waals surface area contributed by atoms with Gasteiger partial charge in [0.05, 0.1) is 0 Å². The second-order valence-electron chi connectivity index (χ2n) is 2.85. The number of carbonyl (C=O) groups excluding carboxylic acids is 1. The molecule has 0 radical (unpaired) electrons. The molecule has 0 bridgehead atoms. The molecule has 0 unspecified atom stereocenters. The van der Waals surface area contributed by atoms with Gasteiger partial charge in [0.2, 0.25) is 0 Å². The molecule has 1 rings (SSSR count).